The van der Waals surface area contributed by atoms with Gasteiger partial charge >= 0.3 is 6.18 Å². The Hall–Kier alpha value is -1.59. The molecule has 6 heteroatoms. The normalized spacial score (nSPS) is 20.1. The van der Waals surface area contributed by atoms with Crippen LogP contribution in [0.2, 0.25) is 0 Å². The van der Waals surface area contributed by atoms with Gasteiger partial charge in [0.2, 0.25) is 0 Å². The number of hydrogen-bond acceptors (Lipinski definition) is 1. The molecule has 1 heterocycles. The highest BCUT2D eigenvalue weighted by atomic mass is 19.4. The van der Waals surface area contributed by atoms with Crippen molar-refractivity contribution in [2.75, 3.05) is 6.54 Å². The summed E-state index contributed by atoms with van der Waals surface area (Å²) >= 11 is 0. The standard InChI is InChI=1S/C14H15F4NO/c1-9-5-2-3-8-19(9)13(20)10-6-4-7-11(12(10)15)14(16,17)18/h4,6-7,9H,2-3,5,8H2,1H3. The van der Waals surface area contributed by atoms with E-state index in [1.165, 1.54) is 4.90 Å². The van der Waals surface area contributed by atoms with Crippen LogP contribution in [0.25, 0.3) is 0 Å². The van der Waals surface area contributed by atoms with Gasteiger partial charge < -0.3 is 4.90 Å². The fourth-order valence-corrected chi connectivity index (χ4v) is 2.47. The highest BCUT2D eigenvalue weighted by molar-refractivity contribution is 5.95. The van der Waals surface area contributed by atoms with Crippen molar-refractivity contribution in [1.29, 1.82) is 0 Å². The molecule has 1 fully saturated rings. The number of carbonyl (C=O) groups excluding carboxylic acids is 1. The van der Waals surface area contributed by atoms with Crippen molar-refractivity contribution in [1.82, 2.24) is 4.90 Å². The molecule has 1 aliphatic heterocycles. The Balaban J connectivity index is 2.35. The van der Waals surface area contributed by atoms with Crippen LogP contribution in [0.4, 0.5) is 17.6 Å². The van der Waals surface area contributed by atoms with Gasteiger partial charge in [0.25, 0.3) is 5.91 Å². The first-order chi connectivity index (χ1) is 9.32. The van der Waals surface area contributed by atoms with Crippen LogP contribution in [0.15, 0.2) is 18.2 Å². The average Bonchev–Trinajstić information content (AvgIpc) is 2.37. The second-order valence-corrected chi connectivity index (χ2v) is 5.01. The third-order valence-corrected chi connectivity index (χ3v) is 3.60. The summed E-state index contributed by atoms with van der Waals surface area (Å²) in [6, 6.07) is 2.73. The van der Waals surface area contributed by atoms with Gasteiger partial charge in [0, 0.05) is 12.6 Å². The molecule has 1 aliphatic rings. The fraction of sp³-hybridized carbons (Fsp3) is 0.500. The number of amides is 1. The van der Waals surface area contributed by atoms with Crippen LogP contribution in [0, 0.1) is 5.82 Å². The number of benzene rings is 1. The maximum absolute atomic E-state index is 13.9. The van der Waals surface area contributed by atoms with Crippen molar-refractivity contribution in [3.8, 4) is 0 Å². The first-order valence-electron chi connectivity index (χ1n) is 6.49. The second-order valence-electron chi connectivity index (χ2n) is 5.01. The molecule has 20 heavy (non-hydrogen) atoms. The van der Waals surface area contributed by atoms with Gasteiger partial charge in [0.1, 0.15) is 5.82 Å². The molecule has 0 radical (unpaired) electrons. The molecule has 1 saturated heterocycles. The zero-order chi connectivity index (χ0) is 14.9. The first-order valence-corrected chi connectivity index (χ1v) is 6.49. The van der Waals surface area contributed by atoms with Gasteiger partial charge in [-0.05, 0) is 38.3 Å². The molecule has 0 aromatic heterocycles. The number of alkyl halides is 3. The molecule has 1 unspecified atom stereocenters. The van der Waals surface area contributed by atoms with E-state index < -0.39 is 29.0 Å². The number of rotatable bonds is 1. The number of piperidine rings is 1. The SMILES string of the molecule is CC1CCCCN1C(=O)c1cccc(C(F)(F)F)c1F. The number of carbonyl (C=O) groups is 1. The molecule has 1 atom stereocenters. The van der Waals surface area contributed by atoms with Crippen molar-refractivity contribution >= 4 is 5.91 Å². The minimum Gasteiger partial charge on any atom is -0.336 e. The third kappa shape index (κ3) is 2.78. The molecule has 0 saturated carbocycles. The molecule has 0 bridgehead atoms. The fourth-order valence-electron chi connectivity index (χ4n) is 2.47. The van der Waals surface area contributed by atoms with Gasteiger partial charge in [-0.15, -0.1) is 0 Å². The van der Waals surface area contributed by atoms with Gasteiger partial charge in [-0.2, -0.15) is 13.2 Å². The Bertz CT molecular complexity index is 512. The van der Waals surface area contributed by atoms with Gasteiger partial charge in [0.05, 0.1) is 11.1 Å². The van der Waals surface area contributed by atoms with Crippen molar-refractivity contribution in [2.45, 2.75) is 38.4 Å². The Labute approximate surface area is 114 Å². The number of halogens is 4. The van der Waals surface area contributed by atoms with Crippen LogP contribution in [-0.2, 0) is 6.18 Å². The van der Waals surface area contributed by atoms with Crippen molar-refractivity contribution in [2.24, 2.45) is 0 Å². The molecule has 0 aliphatic carbocycles. The molecule has 2 nitrogen and oxygen atoms in total. The van der Waals surface area contributed by atoms with E-state index in [2.05, 4.69) is 0 Å². The summed E-state index contributed by atoms with van der Waals surface area (Å²) in [5.41, 5.74) is -1.90. The van der Waals surface area contributed by atoms with E-state index >= 15 is 0 Å². The smallest absolute Gasteiger partial charge is 0.336 e. The Morgan fingerprint density at radius 1 is 1.30 bits per heavy atom. The van der Waals surface area contributed by atoms with Gasteiger partial charge in [-0.25, -0.2) is 4.39 Å². The second kappa shape index (κ2) is 5.42. The van der Waals surface area contributed by atoms with Gasteiger partial charge in [0.15, 0.2) is 0 Å². The van der Waals surface area contributed by atoms with E-state index in [-0.39, 0.29) is 6.04 Å². The number of likely N-dealkylation sites (tertiary alicyclic amines) is 1. The van der Waals surface area contributed by atoms with E-state index in [0.29, 0.717) is 12.6 Å². The minimum atomic E-state index is -4.80. The quantitative estimate of drug-likeness (QED) is 0.719. The zero-order valence-electron chi connectivity index (χ0n) is 11.0. The molecule has 110 valence electrons. The van der Waals surface area contributed by atoms with E-state index in [9.17, 15) is 22.4 Å². The lowest BCUT2D eigenvalue weighted by Crippen LogP contribution is -2.42. The molecule has 0 spiro atoms. The first kappa shape index (κ1) is 14.8. The predicted octanol–water partition coefficient (Wildman–Crippen LogP) is 3.86. The molecular weight excluding hydrogens is 274 g/mol. The molecule has 1 aromatic rings. The molecule has 2 rings (SSSR count). The van der Waals surface area contributed by atoms with Gasteiger partial charge in [-0.3, -0.25) is 4.79 Å². The predicted molar refractivity (Wildman–Crippen MR) is 65.8 cm³/mol. The van der Waals surface area contributed by atoms with Crippen molar-refractivity contribution in [3.63, 3.8) is 0 Å². The Morgan fingerprint density at radius 3 is 2.60 bits per heavy atom. The summed E-state index contributed by atoms with van der Waals surface area (Å²) in [6.45, 7) is 2.28. The summed E-state index contributed by atoms with van der Waals surface area (Å²) in [6.07, 6.45) is -2.26. The summed E-state index contributed by atoms with van der Waals surface area (Å²) in [5.74, 6) is -2.15. The monoisotopic (exact) mass is 289 g/mol. The lowest BCUT2D eigenvalue weighted by Gasteiger charge is -2.33. The summed E-state index contributed by atoms with van der Waals surface area (Å²) in [4.78, 5) is 13.7. The number of hydrogen-bond donors (Lipinski definition) is 0. The van der Waals surface area contributed by atoms with Crippen LogP contribution < -0.4 is 0 Å². The summed E-state index contributed by atoms with van der Waals surface area (Å²) in [7, 11) is 0. The third-order valence-electron chi connectivity index (χ3n) is 3.60. The lowest BCUT2D eigenvalue weighted by atomic mass is 10.0. The van der Waals surface area contributed by atoms with E-state index in [4.69, 9.17) is 0 Å². The molecular formula is C14H15F4NO. The molecule has 1 amide bonds. The van der Waals surface area contributed by atoms with Gasteiger partial charge in [-0.1, -0.05) is 6.07 Å². The summed E-state index contributed by atoms with van der Waals surface area (Å²) in [5, 5.41) is 0. The average molecular weight is 289 g/mol. The van der Waals surface area contributed by atoms with E-state index in [0.717, 1.165) is 31.4 Å². The van der Waals surface area contributed by atoms with Crippen LogP contribution >= 0.6 is 0 Å². The van der Waals surface area contributed by atoms with Crippen molar-refractivity contribution < 1.29 is 22.4 Å². The highest BCUT2D eigenvalue weighted by Crippen LogP contribution is 2.33. The van der Waals surface area contributed by atoms with E-state index in [1.54, 1.807) is 0 Å². The van der Waals surface area contributed by atoms with Crippen LogP contribution in [0.5, 0.6) is 0 Å². The summed E-state index contributed by atoms with van der Waals surface area (Å²) < 4.78 is 51.9. The van der Waals surface area contributed by atoms with Crippen LogP contribution in [0.1, 0.15) is 42.1 Å². The Kier molecular flexibility index (Phi) is 4.01. The maximum atomic E-state index is 13.9. The van der Waals surface area contributed by atoms with Crippen LogP contribution in [0.3, 0.4) is 0 Å². The van der Waals surface area contributed by atoms with Crippen LogP contribution in [-0.4, -0.2) is 23.4 Å². The largest absolute Gasteiger partial charge is 0.419 e. The minimum absolute atomic E-state index is 0.0785. The lowest BCUT2D eigenvalue weighted by molar-refractivity contribution is -0.140. The molecule has 0 N–H and O–H groups in total. The number of nitrogens with zero attached hydrogens (tertiary/aromatic N) is 1. The molecule has 1 aromatic carbocycles. The van der Waals surface area contributed by atoms with E-state index in [1.807, 2.05) is 6.92 Å². The zero-order valence-corrected chi connectivity index (χ0v) is 11.0. The highest BCUT2D eigenvalue weighted by Gasteiger charge is 2.36. The van der Waals surface area contributed by atoms with Crippen molar-refractivity contribution in [3.05, 3.63) is 35.1 Å². The Morgan fingerprint density at radius 2 is 2.00 bits per heavy atom. The maximum Gasteiger partial charge on any atom is 0.419 e. The topological polar surface area (TPSA) is 20.3 Å².